The first-order valence-electron chi connectivity index (χ1n) is 5.13. The number of rotatable bonds is 2. The lowest BCUT2D eigenvalue weighted by Gasteiger charge is -2.24. The maximum absolute atomic E-state index is 5.95. The predicted octanol–water partition coefficient (Wildman–Crippen LogP) is 6.35. The molecule has 1 aromatic rings. The first-order chi connectivity index (χ1) is 8.03. The van der Waals surface area contributed by atoms with E-state index in [-0.39, 0.29) is 5.92 Å². The van der Waals surface area contributed by atoms with E-state index in [1.807, 2.05) is 6.92 Å². The van der Waals surface area contributed by atoms with Crippen molar-refractivity contribution in [1.82, 2.24) is 0 Å². The summed E-state index contributed by atoms with van der Waals surface area (Å²) < 4.78 is -3.12. The van der Waals surface area contributed by atoms with E-state index in [9.17, 15) is 0 Å². The summed E-state index contributed by atoms with van der Waals surface area (Å²) in [7, 11) is 0. The highest BCUT2D eigenvalue weighted by atomic mass is 35.6. The second-order valence-electron chi connectivity index (χ2n) is 4.14. The van der Waals surface area contributed by atoms with Crippen molar-refractivity contribution in [3.63, 3.8) is 0 Å². The van der Waals surface area contributed by atoms with Crippen molar-refractivity contribution in [1.29, 1.82) is 0 Å². The van der Waals surface area contributed by atoms with Crippen molar-refractivity contribution in [2.75, 3.05) is 0 Å². The Morgan fingerprint density at radius 1 is 1.00 bits per heavy atom. The van der Waals surface area contributed by atoms with Crippen LogP contribution in [-0.4, -0.2) is 0 Å². The fraction of sp³-hybridized carbons (Fsp3) is 0.417. The first kappa shape index (κ1) is 17.0. The molecule has 18 heavy (non-hydrogen) atoms. The highest BCUT2D eigenvalue weighted by Gasteiger charge is 2.33. The third kappa shape index (κ3) is 4.51. The molecule has 0 aromatic heterocycles. The Bertz CT molecular complexity index is 381. The van der Waals surface area contributed by atoms with Crippen molar-refractivity contribution < 1.29 is 0 Å². The Balaban J connectivity index is 3.45. The van der Waals surface area contributed by atoms with E-state index in [1.54, 1.807) is 18.2 Å². The topological polar surface area (TPSA) is 0 Å². The molecule has 1 atom stereocenters. The van der Waals surface area contributed by atoms with E-state index >= 15 is 0 Å². The molecule has 0 fully saturated rings. The van der Waals surface area contributed by atoms with Gasteiger partial charge in [-0.25, -0.2) is 0 Å². The summed E-state index contributed by atoms with van der Waals surface area (Å²) in [5.41, 5.74) is 1.76. The van der Waals surface area contributed by atoms with Crippen molar-refractivity contribution >= 4 is 69.6 Å². The number of alkyl halides is 6. The zero-order valence-corrected chi connectivity index (χ0v) is 14.0. The molecule has 1 aromatic carbocycles. The van der Waals surface area contributed by atoms with Gasteiger partial charge in [-0.15, -0.1) is 0 Å². The Hall–Kier alpha value is 0.960. The van der Waals surface area contributed by atoms with Crippen molar-refractivity contribution in [2.24, 2.45) is 5.92 Å². The van der Waals surface area contributed by atoms with Gasteiger partial charge in [0.1, 0.15) is 0 Å². The number of benzene rings is 1. The van der Waals surface area contributed by atoms with Crippen LogP contribution in [0, 0.1) is 12.8 Å². The van der Waals surface area contributed by atoms with Crippen LogP contribution < -0.4 is 0 Å². The zero-order chi connectivity index (χ0) is 14.1. The summed E-state index contributed by atoms with van der Waals surface area (Å²) in [4.78, 5) is 0. The summed E-state index contributed by atoms with van der Waals surface area (Å²) in [6.45, 7) is 5.86. The van der Waals surface area contributed by atoms with Crippen molar-refractivity contribution in [3.05, 3.63) is 41.8 Å². The summed E-state index contributed by atoms with van der Waals surface area (Å²) in [5, 5.41) is 0. The maximum Gasteiger partial charge on any atom is 0.216 e. The monoisotopic (exact) mass is 365 g/mol. The van der Waals surface area contributed by atoms with E-state index in [2.05, 4.69) is 6.92 Å². The summed E-state index contributed by atoms with van der Waals surface area (Å²) >= 11 is 35.7. The Morgan fingerprint density at radius 2 is 1.39 bits per heavy atom. The molecule has 0 N–H and O–H groups in total. The maximum atomic E-state index is 5.95. The molecule has 0 saturated heterocycles. The summed E-state index contributed by atoms with van der Waals surface area (Å²) in [5.74, 6) is 0.101. The molecule has 0 amide bonds. The molecule has 0 heterocycles. The van der Waals surface area contributed by atoms with E-state index in [4.69, 9.17) is 69.6 Å². The smallest absolute Gasteiger partial charge is 0.0784 e. The third-order valence-corrected chi connectivity index (χ3v) is 3.56. The van der Waals surface area contributed by atoms with Gasteiger partial charge in [-0.2, -0.15) is 0 Å². The van der Waals surface area contributed by atoms with E-state index < -0.39 is 7.59 Å². The highest BCUT2D eigenvalue weighted by molar-refractivity contribution is 6.67. The second kappa shape index (κ2) is 6.16. The molecule has 0 aliphatic carbocycles. The van der Waals surface area contributed by atoms with Crippen LogP contribution >= 0.6 is 69.6 Å². The average molecular weight is 368 g/mol. The average Bonchev–Trinajstić information content (AvgIpc) is 2.13. The quantitative estimate of drug-likeness (QED) is 0.534. The lowest BCUT2D eigenvalue weighted by Crippen LogP contribution is -2.14. The molecule has 0 spiro atoms. The molecule has 6 heteroatoms. The Morgan fingerprint density at radius 3 is 1.67 bits per heavy atom. The van der Waals surface area contributed by atoms with Crippen molar-refractivity contribution in [3.8, 4) is 0 Å². The van der Waals surface area contributed by atoms with Crippen LogP contribution in [0.1, 0.15) is 23.6 Å². The molecule has 101 valence electrons. The van der Waals surface area contributed by atoms with Gasteiger partial charge < -0.3 is 0 Å². The number of hydrogen-bond donors (Lipinski definition) is 0. The molecule has 0 saturated carbocycles. The molecule has 1 unspecified atom stereocenters. The van der Waals surface area contributed by atoms with Gasteiger partial charge >= 0.3 is 0 Å². The van der Waals surface area contributed by atoms with Crippen LogP contribution in [-0.2, 0) is 14.0 Å². The summed E-state index contributed by atoms with van der Waals surface area (Å²) in [6, 6.07) is 5.13. The normalized spacial score (nSPS) is 13.2. The molecular formula is C12H11Cl6. The second-order valence-corrected chi connectivity index (χ2v) is 8.70. The van der Waals surface area contributed by atoms with Crippen LogP contribution in [0.25, 0.3) is 0 Å². The lowest BCUT2D eigenvalue weighted by molar-refractivity contribution is 0.707. The molecule has 0 aliphatic rings. The largest absolute Gasteiger partial charge is 0.216 e. The molecule has 0 bridgehead atoms. The SMILES string of the molecule is [CH2]C(C)Cc1c(C(Cl)(Cl)Cl)cccc1C(Cl)(Cl)Cl. The van der Waals surface area contributed by atoms with Gasteiger partial charge in [0.2, 0.25) is 7.59 Å². The lowest BCUT2D eigenvalue weighted by atomic mass is 9.94. The van der Waals surface area contributed by atoms with Gasteiger partial charge in [0, 0.05) is 11.1 Å². The van der Waals surface area contributed by atoms with E-state index in [0.717, 1.165) is 5.56 Å². The van der Waals surface area contributed by atoms with Crippen LogP contribution in [0.3, 0.4) is 0 Å². The predicted molar refractivity (Wildman–Crippen MR) is 83.1 cm³/mol. The fourth-order valence-corrected chi connectivity index (χ4v) is 2.75. The minimum Gasteiger partial charge on any atom is -0.0784 e. The van der Waals surface area contributed by atoms with E-state index in [1.165, 1.54) is 0 Å². The van der Waals surface area contributed by atoms with Gasteiger partial charge in [0.15, 0.2) is 0 Å². The van der Waals surface area contributed by atoms with Gasteiger partial charge in [-0.1, -0.05) is 102 Å². The number of halogens is 6. The number of hydrogen-bond acceptors (Lipinski definition) is 0. The molecule has 0 nitrogen and oxygen atoms in total. The minimum absolute atomic E-state index is 0.101. The molecule has 0 aliphatic heterocycles. The third-order valence-electron chi connectivity index (χ3n) is 2.34. The van der Waals surface area contributed by atoms with Crippen LogP contribution in [0.4, 0.5) is 0 Å². The van der Waals surface area contributed by atoms with Gasteiger partial charge in [0.05, 0.1) is 0 Å². The fourth-order valence-electron chi connectivity index (χ4n) is 1.69. The van der Waals surface area contributed by atoms with Crippen LogP contribution in [0.15, 0.2) is 18.2 Å². The zero-order valence-electron chi connectivity index (χ0n) is 9.49. The highest BCUT2D eigenvalue weighted by Crippen LogP contribution is 2.46. The summed E-state index contributed by atoms with van der Waals surface area (Å²) in [6.07, 6.45) is 0.563. The van der Waals surface area contributed by atoms with Crippen LogP contribution in [0.2, 0.25) is 0 Å². The van der Waals surface area contributed by atoms with Crippen molar-refractivity contribution in [2.45, 2.75) is 20.9 Å². The molecular weight excluding hydrogens is 357 g/mol. The minimum atomic E-state index is -1.56. The van der Waals surface area contributed by atoms with Gasteiger partial charge in [-0.3, -0.25) is 0 Å². The Labute approximate surface area is 137 Å². The van der Waals surface area contributed by atoms with Crippen LogP contribution in [0.5, 0.6) is 0 Å². The Kier molecular flexibility index (Phi) is 5.82. The standard InChI is InChI=1S/C12H11Cl6/c1-7(2)6-8-9(11(13,14)15)4-3-5-10(8)12(16,17)18/h3-5,7H,1,6H2,2H3. The molecule has 1 radical (unpaired) electrons. The van der Waals surface area contributed by atoms with Gasteiger partial charge in [0.25, 0.3) is 0 Å². The van der Waals surface area contributed by atoms with Gasteiger partial charge in [-0.05, 0) is 17.9 Å². The first-order valence-corrected chi connectivity index (χ1v) is 7.39. The molecule has 1 rings (SSSR count). The van der Waals surface area contributed by atoms with E-state index in [0.29, 0.717) is 17.5 Å².